The second-order valence-corrected chi connectivity index (χ2v) is 9.63. The maximum absolute atomic E-state index is 13.9. The van der Waals surface area contributed by atoms with E-state index in [1.54, 1.807) is 28.4 Å². The Bertz CT molecular complexity index is 1390. The maximum Gasteiger partial charge on any atom is 0.275 e. The van der Waals surface area contributed by atoms with Crippen LogP contribution in [0, 0.1) is 19.7 Å². The summed E-state index contributed by atoms with van der Waals surface area (Å²) in [6.07, 6.45) is 0. The Morgan fingerprint density at radius 1 is 1.15 bits per heavy atom. The van der Waals surface area contributed by atoms with Gasteiger partial charge < -0.3 is 9.88 Å². The Kier molecular flexibility index (Phi) is 5.09. The molecular weight excluding hydrogens is 437 g/mol. The molecule has 1 unspecified atom stereocenters. The third kappa shape index (κ3) is 3.43. The van der Waals surface area contributed by atoms with Gasteiger partial charge in [0.25, 0.3) is 5.91 Å². The van der Waals surface area contributed by atoms with E-state index >= 15 is 0 Å². The Morgan fingerprint density at radius 3 is 2.67 bits per heavy atom. The summed E-state index contributed by atoms with van der Waals surface area (Å²) < 4.78 is 15.2. The van der Waals surface area contributed by atoms with Gasteiger partial charge in [-0.15, -0.1) is 11.3 Å². The Balaban J connectivity index is 1.58. The van der Waals surface area contributed by atoms with Crippen molar-refractivity contribution in [1.82, 2.24) is 9.88 Å². The highest BCUT2D eigenvalue weighted by Crippen LogP contribution is 2.39. The molecule has 7 heteroatoms. The highest BCUT2D eigenvalue weighted by molar-refractivity contribution is 7.16. The number of carbonyl (C=O) groups excluding carboxylic acids is 2. The number of amides is 2. The molecule has 1 aliphatic rings. The number of halogens is 1. The van der Waals surface area contributed by atoms with Gasteiger partial charge in [-0.25, -0.2) is 4.39 Å². The average Bonchev–Trinajstić information content (AvgIpc) is 3.38. The van der Waals surface area contributed by atoms with Gasteiger partial charge in [0.05, 0.1) is 6.54 Å². The van der Waals surface area contributed by atoms with Gasteiger partial charge in [0, 0.05) is 17.6 Å². The van der Waals surface area contributed by atoms with Gasteiger partial charge >= 0.3 is 0 Å². The van der Waals surface area contributed by atoms with Crippen LogP contribution >= 0.6 is 11.3 Å². The topological polar surface area (TPSA) is 54.3 Å². The van der Waals surface area contributed by atoms with Crippen molar-refractivity contribution in [1.29, 1.82) is 0 Å². The van der Waals surface area contributed by atoms with Crippen molar-refractivity contribution in [2.75, 3.05) is 4.90 Å². The molecular formula is C26H24FN3O2S. The summed E-state index contributed by atoms with van der Waals surface area (Å²) in [7, 11) is 0. The lowest BCUT2D eigenvalue weighted by molar-refractivity contribution is -0.126. The van der Waals surface area contributed by atoms with Crippen LogP contribution in [0.2, 0.25) is 0 Å². The van der Waals surface area contributed by atoms with Crippen LogP contribution in [-0.2, 0) is 17.9 Å². The van der Waals surface area contributed by atoms with Crippen LogP contribution in [0.5, 0.6) is 0 Å². The smallest absolute Gasteiger partial charge is 0.275 e. The SMILES string of the molecule is Cc1cccc(N2C(=O)c3cc4ccsc4n3CC2(C)C(=O)NCc2ccc(F)cc2)c1C. The van der Waals surface area contributed by atoms with Gasteiger partial charge in [-0.3, -0.25) is 14.5 Å². The third-order valence-electron chi connectivity index (χ3n) is 6.56. The monoisotopic (exact) mass is 461 g/mol. The fraction of sp³-hybridized carbons (Fsp3) is 0.231. The van der Waals surface area contributed by atoms with Gasteiger partial charge in [-0.2, -0.15) is 0 Å². The molecule has 1 N–H and O–H groups in total. The largest absolute Gasteiger partial charge is 0.350 e. The minimum atomic E-state index is -1.15. The molecule has 2 aromatic heterocycles. The first-order chi connectivity index (χ1) is 15.8. The summed E-state index contributed by atoms with van der Waals surface area (Å²) in [5.74, 6) is -0.779. The van der Waals surface area contributed by atoms with E-state index in [0.29, 0.717) is 12.2 Å². The van der Waals surface area contributed by atoms with Gasteiger partial charge in [0.2, 0.25) is 5.91 Å². The lowest BCUT2D eigenvalue weighted by atomic mass is 9.92. The van der Waals surface area contributed by atoms with Crippen LogP contribution in [0.3, 0.4) is 0 Å². The molecule has 0 aliphatic carbocycles. The van der Waals surface area contributed by atoms with Gasteiger partial charge in [-0.1, -0.05) is 24.3 Å². The zero-order valence-electron chi connectivity index (χ0n) is 18.7. The molecule has 0 fully saturated rings. The van der Waals surface area contributed by atoms with Crippen LogP contribution in [0.4, 0.5) is 10.1 Å². The number of aromatic nitrogens is 1. The fourth-order valence-corrected chi connectivity index (χ4v) is 5.42. The van der Waals surface area contributed by atoms with E-state index in [1.165, 1.54) is 12.1 Å². The molecule has 0 saturated carbocycles. The Labute approximate surface area is 195 Å². The molecule has 3 heterocycles. The van der Waals surface area contributed by atoms with E-state index in [4.69, 9.17) is 0 Å². The molecule has 1 atom stereocenters. The Hall–Kier alpha value is -3.45. The molecule has 5 nitrogen and oxygen atoms in total. The summed E-state index contributed by atoms with van der Waals surface area (Å²) in [6, 6.07) is 15.7. The number of benzene rings is 2. The third-order valence-corrected chi connectivity index (χ3v) is 7.51. The number of rotatable bonds is 4. The second-order valence-electron chi connectivity index (χ2n) is 8.74. The molecule has 2 aromatic carbocycles. The Morgan fingerprint density at radius 2 is 1.91 bits per heavy atom. The molecule has 0 bridgehead atoms. The molecule has 4 aromatic rings. The predicted molar refractivity (Wildman–Crippen MR) is 129 cm³/mol. The first-order valence-electron chi connectivity index (χ1n) is 10.8. The number of thiophene rings is 1. The number of nitrogens with one attached hydrogen (secondary N) is 1. The molecule has 33 heavy (non-hydrogen) atoms. The second kappa shape index (κ2) is 7.85. The zero-order chi connectivity index (χ0) is 23.3. The molecule has 0 radical (unpaired) electrons. The maximum atomic E-state index is 13.9. The normalized spacial score (nSPS) is 17.9. The van der Waals surface area contributed by atoms with Crippen molar-refractivity contribution in [2.24, 2.45) is 0 Å². The van der Waals surface area contributed by atoms with Gasteiger partial charge in [-0.05, 0) is 73.2 Å². The summed E-state index contributed by atoms with van der Waals surface area (Å²) in [5.41, 5.74) is 2.97. The number of nitrogens with zero attached hydrogens (tertiary/aromatic N) is 2. The van der Waals surface area contributed by atoms with Crippen molar-refractivity contribution in [2.45, 2.75) is 39.4 Å². The molecule has 0 spiro atoms. The lowest BCUT2D eigenvalue weighted by Gasteiger charge is -2.44. The lowest BCUT2D eigenvalue weighted by Crippen LogP contribution is -2.64. The van der Waals surface area contributed by atoms with Crippen LogP contribution in [0.15, 0.2) is 60.0 Å². The minimum absolute atomic E-state index is 0.196. The van der Waals surface area contributed by atoms with Gasteiger partial charge in [0.15, 0.2) is 0 Å². The summed E-state index contributed by atoms with van der Waals surface area (Å²) >= 11 is 1.56. The van der Waals surface area contributed by atoms with E-state index in [1.807, 2.05) is 61.1 Å². The number of aryl methyl sites for hydroxylation is 1. The van der Waals surface area contributed by atoms with Crippen molar-refractivity contribution in [3.05, 3.63) is 88.2 Å². The van der Waals surface area contributed by atoms with Gasteiger partial charge in [0.1, 0.15) is 21.9 Å². The summed E-state index contributed by atoms with van der Waals surface area (Å²) in [4.78, 5) is 30.2. The van der Waals surface area contributed by atoms with E-state index < -0.39 is 5.54 Å². The predicted octanol–water partition coefficient (Wildman–Crippen LogP) is 5.19. The van der Waals surface area contributed by atoms with Crippen molar-refractivity contribution >= 4 is 39.1 Å². The van der Waals surface area contributed by atoms with Crippen LogP contribution in [-0.4, -0.2) is 21.9 Å². The van der Waals surface area contributed by atoms with Crippen molar-refractivity contribution < 1.29 is 14.0 Å². The summed E-state index contributed by atoms with van der Waals surface area (Å²) in [5, 5.41) is 5.97. The van der Waals surface area contributed by atoms with E-state index in [-0.39, 0.29) is 24.2 Å². The van der Waals surface area contributed by atoms with Crippen molar-refractivity contribution in [3.63, 3.8) is 0 Å². The molecule has 0 saturated heterocycles. The fourth-order valence-electron chi connectivity index (χ4n) is 4.53. The zero-order valence-corrected chi connectivity index (χ0v) is 19.5. The minimum Gasteiger partial charge on any atom is -0.350 e. The molecule has 5 rings (SSSR count). The number of hydrogen-bond donors (Lipinski definition) is 1. The van der Waals surface area contributed by atoms with E-state index in [0.717, 1.165) is 32.6 Å². The molecule has 1 aliphatic heterocycles. The van der Waals surface area contributed by atoms with Crippen molar-refractivity contribution in [3.8, 4) is 0 Å². The molecule has 2 amide bonds. The number of fused-ring (bicyclic) bond motifs is 3. The highest BCUT2D eigenvalue weighted by atomic mass is 32.1. The molecule has 168 valence electrons. The van der Waals surface area contributed by atoms with Crippen LogP contribution < -0.4 is 10.2 Å². The van der Waals surface area contributed by atoms with Crippen LogP contribution in [0.25, 0.3) is 10.2 Å². The first kappa shape index (κ1) is 21.4. The highest BCUT2D eigenvalue weighted by Gasteiger charge is 2.49. The number of carbonyl (C=O) groups is 2. The summed E-state index contributed by atoms with van der Waals surface area (Å²) in [6.45, 7) is 6.37. The van der Waals surface area contributed by atoms with Crippen LogP contribution in [0.1, 0.15) is 34.1 Å². The quantitative estimate of drug-likeness (QED) is 0.455. The van der Waals surface area contributed by atoms with E-state index in [9.17, 15) is 14.0 Å². The standard InChI is InChI=1S/C26H24FN3O2S/c1-16-5-4-6-21(17(16)2)30-23(31)22-13-19-11-12-33-24(19)29(22)15-26(30,3)25(32)28-14-18-7-9-20(27)10-8-18/h4-13H,14-15H2,1-3H3,(H,28,32). The average molecular weight is 462 g/mol. The number of hydrogen-bond acceptors (Lipinski definition) is 3. The number of anilines is 1. The first-order valence-corrected chi connectivity index (χ1v) is 11.7. The van der Waals surface area contributed by atoms with E-state index in [2.05, 4.69) is 5.32 Å².